The van der Waals surface area contributed by atoms with Crippen LogP contribution in [0.5, 0.6) is 0 Å². The maximum Gasteiger partial charge on any atom is 0.435 e. The van der Waals surface area contributed by atoms with Crippen molar-refractivity contribution in [3.63, 3.8) is 0 Å². The summed E-state index contributed by atoms with van der Waals surface area (Å²) in [6.45, 7) is 6.35. The number of hydrogen-bond acceptors (Lipinski definition) is 9. The molecule has 2 heterocycles. The number of nitro groups is 1. The number of hydroxylamine groups is 1. The van der Waals surface area contributed by atoms with E-state index in [1.807, 2.05) is 13.8 Å². The van der Waals surface area contributed by atoms with Crippen molar-refractivity contribution >= 4 is 17.5 Å². The van der Waals surface area contributed by atoms with Crippen LogP contribution in [0, 0.1) is 10.1 Å². The summed E-state index contributed by atoms with van der Waals surface area (Å²) in [5, 5.41) is 13.1. The smallest absolute Gasteiger partial charge is 0.435 e. The lowest BCUT2D eigenvalue weighted by molar-refractivity contribution is -0.384. The van der Waals surface area contributed by atoms with Crippen LogP contribution < -0.4 is 10.8 Å². The van der Waals surface area contributed by atoms with Crippen molar-refractivity contribution < 1.29 is 33.5 Å². The van der Waals surface area contributed by atoms with Gasteiger partial charge in [-0.3, -0.25) is 15.4 Å². The van der Waals surface area contributed by atoms with Gasteiger partial charge in [0.1, 0.15) is 0 Å². The van der Waals surface area contributed by atoms with Crippen LogP contribution >= 0.6 is 0 Å². The summed E-state index contributed by atoms with van der Waals surface area (Å²) in [5.74, 6) is -0.403. The summed E-state index contributed by atoms with van der Waals surface area (Å²) in [6.07, 6.45) is 4.63. The highest BCUT2D eigenvalue weighted by molar-refractivity contribution is 5.84. The molecular formula is C22H31N3O8. The molecule has 0 aromatic heterocycles. The average Bonchev–Trinajstić information content (AvgIpc) is 3.24. The fourth-order valence-corrected chi connectivity index (χ4v) is 3.58. The number of fused-ring (bicyclic) bond motifs is 1. The van der Waals surface area contributed by atoms with E-state index in [1.54, 1.807) is 0 Å². The van der Waals surface area contributed by atoms with Crippen molar-refractivity contribution in [1.29, 1.82) is 0 Å². The molecule has 2 N–H and O–H groups in total. The molecule has 182 valence electrons. The van der Waals surface area contributed by atoms with Crippen molar-refractivity contribution in [1.82, 2.24) is 5.48 Å². The van der Waals surface area contributed by atoms with Crippen molar-refractivity contribution in [2.75, 3.05) is 11.9 Å². The highest BCUT2D eigenvalue weighted by Gasteiger charge is 2.54. The number of carbonyl (C=O) groups excluding carboxylic acids is 1. The Morgan fingerprint density at radius 3 is 2.61 bits per heavy atom. The molecule has 0 saturated carbocycles. The third-order valence-electron chi connectivity index (χ3n) is 5.14. The van der Waals surface area contributed by atoms with E-state index in [9.17, 15) is 14.9 Å². The summed E-state index contributed by atoms with van der Waals surface area (Å²) in [6, 6.07) is 5.36. The summed E-state index contributed by atoms with van der Waals surface area (Å²) < 4.78 is 23.6. The van der Waals surface area contributed by atoms with Gasteiger partial charge in [0.05, 0.1) is 17.7 Å². The predicted octanol–water partition coefficient (Wildman–Crippen LogP) is 4.35. The second-order valence-electron chi connectivity index (χ2n) is 8.28. The number of rotatable bonds is 11. The van der Waals surface area contributed by atoms with Gasteiger partial charge in [0.15, 0.2) is 23.8 Å². The van der Waals surface area contributed by atoms with E-state index >= 15 is 0 Å². The molecule has 0 bridgehead atoms. The standard InChI is InChI=1S/C22H31N3O8/c1-4-5-6-7-8-13-29-20-19-18(31-22(2,3)32-19)17(30-20)14-23-33-21(26)24-15-9-11-16(12-10-15)25(27)28/h9-12,14,18-20,23H,4-8,13H2,1-3H3,(H,24,26)/t18-,19-,20-/m0/s1. The van der Waals surface area contributed by atoms with Crippen LogP contribution in [-0.2, 0) is 23.8 Å². The van der Waals surface area contributed by atoms with E-state index in [4.69, 9.17) is 23.8 Å². The van der Waals surface area contributed by atoms with Crippen LogP contribution in [0.3, 0.4) is 0 Å². The van der Waals surface area contributed by atoms with Crippen molar-refractivity contribution in [2.45, 2.75) is 77.2 Å². The molecule has 1 aromatic rings. The topological polar surface area (TPSA) is 130 Å². The Morgan fingerprint density at radius 2 is 1.91 bits per heavy atom. The average molecular weight is 466 g/mol. The number of ether oxygens (including phenoxy) is 4. The first-order chi connectivity index (χ1) is 15.8. The third kappa shape index (κ3) is 7.04. The lowest BCUT2D eigenvalue weighted by Gasteiger charge is -2.22. The van der Waals surface area contributed by atoms with E-state index < -0.39 is 35.3 Å². The molecule has 3 rings (SSSR count). The molecule has 3 atom stereocenters. The second-order valence-corrected chi connectivity index (χ2v) is 8.28. The monoisotopic (exact) mass is 465 g/mol. The number of anilines is 1. The van der Waals surface area contributed by atoms with E-state index in [-0.39, 0.29) is 5.69 Å². The molecule has 1 amide bonds. The Morgan fingerprint density at radius 1 is 1.18 bits per heavy atom. The molecular weight excluding hydrogens is 434 g/mol. The van der Waals surface area contributed by atoms with E-state index in [0.717, 1.165) is 12.8 Å². The van der Waals surface area contributed by atoms with Gasteiger partial charge in [-0.25, -0.2) is 10.3 Å². The van der Waals surface area contributed by atoms with Gasteiger partial charge in [0.2, 0.25) is 6.29 Å². The van der Waals surface area contributed by atoms with E-state index in [2.05, 4.69) is 17.7 Å². The third-order valence-corrected chi connectivity index (χ3v) is 5.14. The first kappa shape index (κ1) is 24.7. The van der Waals surface area contributed by atoms with Gasteiger partial charge in [-0.15, -0.1) is 0 Å². The number of amides is 1. The van der Waals surface area contributed by atoms with Crippen molar-refractivity contribution in [3.05, 3.63) is 46.3 Å². The van der Waals surface area contributed by atoms with Gasteiger partial charge in [-0.05, 0) is 32.4 Å². The summed E-state index contributed by atoms with van der Waals surface area (Å²) in [7, 11) is 0. The van der Waals surface area contributed by atoms with Crippen LogP contribution in [0.1, 0.15) is 52.9 Å². The minimum Gasteiger partial charge on any atom is -0.462 e. The molecule has 0 unspecified atom stereocenters. The Bertz CT molecular complexity index is 843. The fourth-order valence-electron chi connectivity index (χ4n) is 3.58. The summed E-state index contributed by atoms with van der Waals surface area (Å²) in [4.78, 5) is 27.1. The molecule has 0 radical (unpaired) electrons. The zero-order valence-corrected chi connectivity index (χ0v) is 19.1. The van der Waals surface area contributed by atoms with Crippen molar-refractivity contribution in [2.24, 2.45) is 0 Å². The predicted molar refractivity (Wildman–Crippen MR) is 118 cm³/mol. The van der Waals surface area contributed by atoms with Crippen LogP contribution in [0.15, 0.2) is 36.2 Å². The maximum atomic E-state index is 12.0. The molecule has 1 aromatic carbocycles. The largest absolute Gasteiger partial charge is 0.462 e. The lowest BCUT2D eigenvalue weighted by atomic mass is 10.2. The molecule has 2 aliphatic heterocycles. The maximum absolute atomic E-state index is 12.0. The Hall–Kier alpha value is -2.89. The van der Waals surface area contributed by atoms with Crippen LogP contribution in [0.2, 0.25) is 0 Å². The fraction of sp³-hybridized carbons (Fsp3) is 0.591. The van der Waals surface area contributed by atoms with Gasteiger partial charge in [0.25, 0.3) is 5.69 Å². The molecule has 2 saturated heterocycles. The molecule has 11 nitrogen and oxygen atoms in total. The minimum atomic E-state index is -0.806. The number of nitrogens with zero attached hydrogens (tertiary/aromatic N) is 1. The van der Waals surface area contributed by atoms with E-state index in [0.29, 0.717) is 18.1 Å². The number of carbonyl (C=O) groups is 1. The minimum absolute atomic E-state index is 0.0795. The molecule has 2 fully saturated rings. The SMILES string of the molecule is CCCCCCCO[C@H]1OC(=CNOC(=O)Nc2ccc([N+](=O)[O-])cc2)[C@@H]2OC(C)(C)O[C@H]12. The number of non-ortho nitro benzene ring substituents is 1. The number of hydrogen-bond donors (Lipinski definition) is 2. The van der Waals surface area contributed by atoms with Crippen LogP contribution in [-0.4, -0.2) is 41.9 Å². The Kier molecular flexibility index (Phi) is 8.48. The van der Waals surface area contributed by atoms with E-state index in [1.165, 1.54) is 49.7 Å². The molecule has 11 heteroatoms. The Balaban J connectivity index is 1.49. The lowest BCUT2D eigenvalue weighted by Crippen LogP contribution is -2.31. The zero-order valence-electron chi connectivity index (χ0n) is 19.1. The quantitative estimate of drug-likeness (QED) is 0.278. The van der Waals surface area contributed by atoms with Crippen LogP contribution in [0.4, 0.5) is 16.2 Å². The van der Waals surface area contributed by atoms with Crippen LogP contribution in [0.25, 0.3) is 0 Å². The highest BCUT2D eigenvalue weighted by Crippen LogP contribution is 2.40. The zero-order chi connectivity index (χ0) is 23.8. The van der Waals surface area contributed by atoms with Gasteiger partial charge >= 0.3 is 6.09 Å². The van der Waals surface area contributed by atoms with Gasteiger partial charge in [-0.2, -0.15) is 0 Å². The number of benzene rings is 1. The number of unbranched alkanes of at least 4 members (excludes halogenated alkanes) is 4. The molecule has 0 aliphatic carbocycles. The molecule has 2 aliphatic rings. The normalized spacial score (nSPS) is 24.2. The van der Waals surface area contributed by atoms with Gasteiger partial charge in [0, 0.05) is 17.8 Å². The summed E-state index contributed by atoms with van der Waals surface area (Å²) in [5.41, 5.74) is 2.70. The Labute approximate surface area is 192 Å². The summed E-state index contributed by atoms with van der Waals surface area (Å²) >= 11 is 0. The van der Waals surface area contributed by atoms with Gasteiger partial charge < -0.3 is 23.8 Å². The van der Waals surface area contributed by atoms with Crippen molar-refractivity contribution in [3.8, 4) is 0 Å². The molecule has 0 spiro atoms. The number of nitro benzene ring substituents is 1. The molecule has 33 heavy (non-hydrogen) atoms. The second kappa shape index (κ2) is 11.3. The first-order valence-electron chi connectivity index (χ1n) is 11.1. The van der Waals surface area contributed by atoms with Gasteiger partial charge in [-0.1, -0.05) is 32.6 Å². The number of nitrogens with one attached hydrogen (secondary N) is 2. The highest BCUT2D eigenvalue weighted by atomic mass is 16.8. The first-order valence-corrected chi connectivity index (χ1v) is 11.1.